The Kier molecular flexibility index (Phi) is 6.46. The van der Waals surface area contributed by atoms with Gasteiger partial charge in [-0.3, -0.25) is 4.79 Å². The lowest BCUT2D eigenvalue weighted by molar-refractivity contribution is 0.0951. The van der Waals surface area contributed by atoms with Gasteiger partial charge < -0.3 is 26.3 Å². The van der Waals surface area contributed by atoms with Crippen LogP contribution in [-0.2, 0) is 0 Å². The molecule has 0 atom stereocenters. The van der Waals surface area contributed by atoms with Crippen LogP contribution in [0.4, 0.5) is 5.82 Å². The number of nitrogen functional groups attached to an aromatic ring is 1. The van der Waals surface area contributed by atoms with Crippen LogP contribution in [0.2, 0.25) is 0 Å². The van der Waals surface area contributed by atoms with Gasteiger partial charge in [0.2, 0.25) is 0 Å². The monoisotopic (exact) mass is 456 g/mol. The topological polar surface area (TPSA) is 125 Å². The summed E-state index contributed by atoms with van der Waals surface area (Å²) in [6.07, 6.45) is 2.54. The Morgan fingerprint density at radius 2 is 1.94 bits per heavy atom. The fraction of sp³-hybridized carbons (Fsp3) is 0.280. The summed E-state index contributed by atoms with van der Waals surface area (Å²) < 4.78 is 0. The van der Waals surface area contributed by atoms with Crippen molar-refractivity contribution < 1.29 is 4.79 Å². The molecule has 0 unspecified atom stereocenters. The Labute approximate surface area is 197 Å². The highest BCUT2D eigenvalue weighted by Crippen LogP contribution is 2.26. The number of aromatic amines is 1. The van der Waals surface area contributed by atoms with Crippen LogP contribution in [0.3, 0.4) is 0 Å². The number of piperazine rings is 1. The van der Waals surface area contributed by atoms with Crippen LogP contribution in [0.5, 0.6) is 0 Å². The number of carbonyl (C=O) groups excluding carboxylic acids is 1. The predicted octanol–water partition coefficient (Wildman–Crippen LogP) is 2.29. The summed E-state index contributed by atoms with van der Waals surface area (Å²) in [5.41, 5.74) is 10.3. The molecule has 0 saturated carbocycles. The molecular weight excluding hydrogens is 428 g/mol. The van der Waals surface area contributed by atoms with E-state index in [9.17, 15) is 4.79 Å². The summed E-state index contributed by atoms with van der Waals surface area (Å²) in [6.45, 7) is 5.83. The zero-order valence-corrected chi connectivity index (χ0v) is 18.9. The predicted molar refractivity (Wildman–Crippen MR) is 133 cm³/mol. The first-order valence-electron chi connectivity index (χ1n) is 11.6. The van der Waals surface area contributed by atoms with Crippen LogP contribution in [0, 0.1) is 0 Å². The van der Waals surface area contributed by atoms with E-state index in [1.807, 2.05) is 42.5 Å². The van der Waals surface area contributed by atoms with Gasteiger partial charge in [0.25, 0.3) is 5.91 Å². The van der Waals surface area contributed by atoms with Gasteiger partial charge in [0.1, 0.15) is 5.69 Å². The molecule has 174 valence electrons. The maximum absolute atomic E-state index is 12.7. The second-order valence-electron chi connectivity index (χ2n) is 8.37. The zero-order chi connectivity index (χ0) is 23.3. The summed E-state index contributed by atoms with van der Waals surface area (Å²) in [5, 5.41) is 6.38. The van der Waals surface area contributed by atoms with Crippen LogP contribution >= 0.6 is 0 Å². The number of imidazole rings is 1. The van der Waals surface area contributed by atoms with Gasteiger partial charge in [-0.2, -0.15) is 0 Å². The molecule has 0 aliphatic carbocycles. The number of nitrogens with one attached hydrogen (secondary N) is 3. The third-order valence-corrected chi connectivity index (χ3v) is 5.98. The quantitative estimate of drug-likeness (QED) is 0.315. The van der Waals surface area contributed by atoms with Gasteiger partial charge in [-0.25, -0.2) is 15.0 Å². The van der Waals surface area contributed by atoms with Crippen molar-refractivity contribution >= 4 is 22.8 Å². The Morgan fingerprint density at radius 1 is 1.09 bits per heavy atom. The third-order valence-electron chi connectivity index (χ3n) is 5.98. The number of anilines is 1. The summed E-state index contributed by atoms with van der Waals surface area (Å²) >= 11 is 0. The highest BCUT2D eigenvalue weighted by Gasteiger charge is 2.15. The number of hydrogen-bond acceptors (Lipinski definition) is 7. The molecule has 3 heterocycles. The van der Waals surface area contributed by atoms with Crippen LogP contribution in [0.25, 0.3) is 33.8 Å². The average molecular weight is 457 g/mol. The van der Waals surface area contributed by atoms with E-state index in [1.165, 1.54) is 0 Å². The molecule has 1 saturated heterocycles. The smallest absolute Gasteiger partial charge is 0.251 e. The van der Waals surface area contributed by atoms with E-state index < -0.39 is 0 Å². The highest BCUT2D eigenvalue weighted by molar-refractivity contribution is 5.95. The number of para-hydroxylation sites is 2. The molecular formula is C25H28N8O. The first-order chi connectivity index (χ1) is 16.7. The van der Waals surface area contributed by atoms with Crippen molar-refractivity contribution in [1.29, 1.82) is 0 Å². The molecule has 1 fully saturated rings. The Hall–Kier alpha value is -3.82. The Morgan fingerprint density at radius 3 is 2.79 bits per heavy atom. The second-order valence-corrected chi connectivity index (χ2v) is 8.37. The second kappa shape index (κ2) is 9.98. The summed E-state index contributed by atoms with van der Waals surface area (Å²) in [4.78, 5) is 32.0. The van der Waals surface area contributed by atoms with Crippen molar-refractivity contribution in [2.45, 2.75) is 6.42 Å². The summed E-state index contributed by atoms with van der Waals surface area (Å²) in [5.74, 6) is 0.760. The van der Waals surface area contributed by atoms with Crippen LogP contribution in [0.15, 0.2) is 54.7 Å². The highest BCUT2D eigenvalue weighted by atomic mass is 16.1. The van der Waals surface area contributed by atoms with Crippen molar-refractivity contribution in [3.05, 3.63) is 60.3 Å². The van der Waals surface area contributed by atoms with E-state index in [2.05, 4.69) is 30.5 Å². The molecule has 1 aliphatic heterocycles. The molecule has 2 aromatic carbocycles. The molecule has 4 aromatic rings. The number of benzene rings is 2. The van der Waals surface area contributed by atoms with E-state index in [-0.39, 0.29) is 5.91 Å². The molecule has 0 radical (unpaired) electrons. The normalized spacial score (nSPS) is 14.4. The van der Waals surface area contributed by atoms with Crippen molar-refractivity contribution in [3.8, 4) is 22.8 Å². The number of fused-ring (bicyclic) bond motifs is 1. The minimum atomic E-state index is -0.0944. The fourth-order valence-corrected chi connectivity index (χ4v) is 4.14. The van der Waals surface area contributed by atoms with Gasteiger partial charge in [-0.15, -0.1) is 0 Å². The lowest BCUT2D eigenvalue weighted by Gasteiger charge is -2.27. The maximum atomic E-state index is 12.7. The molecule has 34 heavy (non-hydrogen) atoms. The Bertz CT molecular complexity index is 1260. The van der Waals surface area contributed by atoms with E-state index >= 15 is 0 Å². The number of rotatable bonds is 7. The minimum Gasteiger partial charge on any atom is -0.382 e. The number of amides is 1. The zero-order valence-electron chi connectivity index (χ0n) is 18.9. The van der Waals surface area contributed by atoms with Crippen molar-refractivity contribution in [2.24, 2.45) is 0 Å². The van der Waals surface area contributed by atoms with E-state index in [0.717, 1.165) is 55.7 Å². The minimum absolute atomic E-state index is 0.0944. The number of hydrogen-bond donors (Lipinski definition) is 4. The molecule has 9 nitrogen and oxygen atoms in total. The first kappa shape index (κ1) is 22.0. The van der Waals surface area contributed by atoms with Crippen LogP contribution in [0.1, 0.15) is 16.8 Å². The molecule has 1 aliphatic rings. The largest absolute Gasteiger partial charge is 0.382 e. The SMILES string of the molecule is Nc1ncc(-c2cccc(C(=O)NCCCN3CCNCC3)c2)nc1-c1nc2ccccc2[nH]1. The number of H-pyrrole nitrogens is 1. The molecule has 9 heteroatoms. The molecule has 0 bridgehead atoms. The van der Waals surface area contributed by atoms with Crippen LogP contribution in [-0.4, -0.2) is 70.0 Å². The number of aromatic nitrogens is 4. The standard InChI is InChI=1S/C25H28N8O/c26-23-22(24-31-19-7-1-2-8-20(19)32-24)30-21(16-29-23)17-5-3-6-18(15-17)25(34)28-9-4-12-33-13-10-27-11-14-33/h1-3,5-8,15-16,27H,4,9-14H2,(H2,26,29)(H,28,34)(H,31,32). The summed E-state index contributed by atoms with van der Waals surface area (Å²) in [6, 6.07) is 15.1. The van der Waals surface area contributed by atoms with Gasteiger partial charge >= 0.3 is 0 Å². The lowest BCUT2D eigenvalue weighted by Crippen LogP contribution is -2.44. The van der Waals surface area contributed by atoms with Crippen LogP contribution < -0.4 is 16.4 Å². The molecule has 5 rings (SSSR count). The van der Waals surface area contributed by atoms with Gasteiger partial charge in [0.15, 0.2) is 11.6 Å². The number of nitrogens with zero attached hydrogens (tertiary/aromatic N) is 4. The van der Waals surface area contributed by atoms with Gasteiger partial charge in [0, 0.05) is 43.9 Å². The third kappa shape index (κ3) is 4.90. The van der Waals surface area contributed by atoms with Gasteiger partial charge in [0.05, 0.1) is 22.9 Å². The average Bonchev–Trinajstić information content (AvgIpc) is 3.31. The number of carbonyl (C=O) groups is 1. The van der Waals surface area contributed by atoms with E-state index in [1.54, 1.807) is 12.3 Å². The fourth-order valence-electron chi connectivity index (χ4n) is 4.14. The van der Waals surface area contributed by atoms with Gasteiger partial charge in [-0.1, -0.05) is 24.3 Å². The number of nitrogens with two attached hydrogens (primary N) is 1. The van der Waals surface area contributed by atoms with Gasteiger partial charge in [-0.05, 0) is 37.2 Å². The maximum Gasteiger partial charge on any atom is 0.251 e. The molecule has 2 aromatic heterocycles. The van der Waals surface area contributed by atoms with Crippen molar-refractivity contribution in [3.63, 3.8) is 0 Å². The Balaban J connectivity index is 1.29. The summed E-state index contributed by atoms with van der Waals surface area (Å²) in [7, 11) is 0. The van der Waals surface area contributed by atoms with Crippen molar-refractivity contribution in [1.82, 2.24) is 35.5 Å². The molecule has 1 amide bonds. The van der Waals surface area contributed by atoms with Crippen molar-refractivity contribution in [2.75, 3.05) is 45.0 Å². The molecule has 5 N–H and O–H groups in total. The molecule has 0 spiro atoms. The van der Waals surface area contributed by atoms with E-state index in [0.29, 0.717) is 35.1 Å². The van der Waals surface area contributed by atoms with E-state index in [4.69, 9.17) is 10.7 Å². The first-order valence-corrected chi connectivity index (χ1v) is 11.6. The lowest BCUT2D eigenvalue weighted by atomic mass is 10.1.